The van der Waals surface area contributed by atoms with Crippen LogP contribution in [0.1, 0.15) is 28.8 Å². The molecule has 0 spiro atoms. The van der Waals surface area contributed by atoms with Crippen LogP contribution in [0.3, 0.4) is 0 Å². The molecule has 0 amide bonds. The molecule has 4 nitrogen and oxygen atoms in total. The summed E-state index contributed by atoms with van der Waals surface area (Å²) in [4.78, 5) is 20.0. The zero-order chi connectivity index (χ0) is 20.4. The third kappa shape index (κ3) is 3.93. The van der Waals surface area contributed by atoms with Crippen LogP contribution in [0, 0.1) is 5.82 Å². The van der Waals surface area contributed by atoms with Crippen LogP contribution in [0.2, 0.25) is 0 Å². The molecular formula is C23H21FN2O2S. The number of rotatable bonds is 6. The number of benzene rings is 2. The number of nitrogens with zero attached hydrogens (tertiary/aromatic N) is 2. The van der Waals surface area contributed by atoms with Gasteiger partial charge in [-0.25, -0.2) is 9.37 Å². The summed E-state index contributed by atoms with van der Waals surface area (Å²) in [5.74, 6) is 1.07. The standard InChI is InChI=1S/C23H21FN2O2S/c1-3-18-13-19-22(29-18)25-21(12-16-8-4-5-10-20(16)28-2)26(23(19)27)14-15-7-6-9-17(24)11-15/h4-11,13H,3,12,14H2,1-2H3. The van der Waals surface area contributed by atoms with Crippen molar-refractivity contribution >= 4 is 21.6 Å². The molecule has 0 radical (unpaired) electrons. The molecule has 4 rings (SSSR count). The second-order valence-electron chi connectivity index (χ2n) is 6.82. The number of thiophene rings is 1. The molecule has 6 heteroatoms. The van der Waals surface area contributed by atoms with Gasteiger partial charge in [0.1, 0.15) is 22.2 Å². The highest BCUT2D eigenvalue weighted by molar-refractivity contribution is 7.18. The molecule has 29 heavy (non-hydrogen) atoms. The number of aromatic nitrogens is 2. The summed E-state index contributed by atoms with van der Waals surface area (Å²) in [6, 6.07) is 15.9. The minimum atomic E-state index is -0.320. The van der Waals surface area contributed by atoms with Crippen molar-refractivity contribution < 1.29 is 9.13 Å². The Bertz CT molecular complexity index is 1230. The molecule has 2 heterocycles. The zero-order valence-electron chi connectivity index (χ0n) is 16.3. The summed E-state index contributed by atoms with van der Waals surface area (Å²) in [6.07, 6.45) is 1.30. The molecule has 2 aromatic heterocycles. The van der Waals surface area contributed by atoms with Crippen LogP contribution in [0.15, 0.2) is 59.4 Å². The quantitative estimate of drug-likeness (QED) is 0.460. The number of hydrogen-bond donors (Lipinski definition) is 0. The summed E-state index contributed by atoms with van der Waals surface area (Å²) < 4.78 is 20.8. The van der Waals surface area contributed by atoms with Crippen LogP contribution in [-0.4, -0.2) is 16.7 Å². The van der Waals surface area contributed by atoms with Gasteiger partial charge < -0.3 is 4.74 Å². The van der Waals surface area contributed by atoms with E-state index in [1.807, 2.05) is 36.4 Å². The van der Waals surface area contributed by atoms with Crippen molar-refractivity contribution in [2.45, 2.75) is 26.3 Å². The van der Waals surface area contributed by atoms with Gasteiger partial charge in [0, 0.05) is 16.9 Å². The molecule has 0 saturated carbocycles. The van der Waals surface area contributed by atoms with Gasteiger partial charge in [0.15, 0.2) is 0 Å². The van der Waals surface area contributed by atoms with E-state index in [1.165, 1.54) is 12.1 Å². The Kier molecular flexibility index (Phi) is 5.45. The number of fused-ring (bicyclic) bond motifs is 1. The maximum absolute atomic E-state index is 13.7. The van der Waals surface area contributed by atoms with E-state index in [4.69, 9.17) is 9.72 Å². The van der Waals surface area contributed by atoms with E-state index in [0.717, 1.165) is 33.0 Å². The van der Waals surface area contributed by atoms with Gasteiger partial charge in [0.25, 0.3) is 5.56 Å². The lowest BCUT2D eigenvalue weighted by Crippen LogP contribution is -2.25. The second kappa shape index (κ2) is 8.17. The van der Waals surface area contributed by atoms with E-state index in [1.54, 1.807) is 29.1 Å². The number of hydrogen-bond acceptors (Lipinski definition) is 4. The first kappa shape index (κ1) is 19.3. The SMILES string of the molecule is CCc1cc2c(=O)n(Cc3cccc(F)c3)c(Cc3ccccc3OC)nc2s1. The van der Waals surface area contributed by atoms with Gasteiger partial charge in [0.05, 0.1) is 19.0 Å². The maximum Gasteiger partial charge on any atom is 0.262 e. The first-order chi connectivity index (χ1) is 14.1. The Morgan fingerprint density at radius 3 is 2.72 bits per heavy atom. The largest absolute Gasteiger partial charge is 0.496 e. The van der Waals surface area contributed by atoms with Gasteiger partial charge in [-0.15, -0.1) is 11.3 Å². The summed E-state index contributed by atoms with van der Waals surface area (Å²) in [5.41, 5.74) is 1.57. The normalized spacial score (nSPS) is 11.1. The van der Waals surface area contributed by atoms with E-state index in [9.17, 15) is 9.18 Å². The third-order valence-electron chi connectivity index (χ3n) is 4.90. The Balaban J connectivity index is 1.87. The van der Waals surface area contributed by atoms with Crippen LogP contribution >= 0.6 is 11.3 Å². The fourth-order valence-electron chi connectivity index (χ4n) is 3.42. The smallest absolute Gasteiger partial charge is 0.262 e. The van der Waals surface area contributed by atoms with Gasteiger partial charge >= 0.3 is 0 Å². The molecule has 0 aliphatic carbocycles. The number of ether oxygens (including phenoxy) is 1. The van der Waals surface area contributed by atoms with Crippen LogP contribution in [0.5, 0.6) is 5.75 Å². The molecule has 0 aliphatic rings. The van der Waals surface area contributed by atoms with E-state index in [0.29, 0.717) is 17.6 Å². The molecule has 4 aromatic rings. The Morgan fingerprint density at radius 2 is 1.97 bits per heavy atom. The molecule has 0 unspecified atom stereocenters. The maximum atomic E-state index is 13.7. The average molecular weight is 408 g/mol. The fourth-order valence-corrected chi connectivity index (χ4v) is 4.39. The average Bonchev–Trinajstić information content (AvgIpc) is 3.15. The Hall–Kier alpha value is -2.99. The van der Waals surface area contributed by atoms with Gasteiger partial charge in [-0.2, -0.15) is 0 Å². The molecule has 0 atom stereocenters. The van der Waals surface area contributed by atoms with E-state index in [2.05, 4.69) is 6.92 Å². The fraction of sp³-hybridized carbons (Fsp3) is 0.217. The van der Waals surface area contributed by atoms with Gasteiger partial charge in [-0.05, 0) is 36.2 Å². The van der Waals surface area contributed by atoms with Crippen molar-refractivity contribution in [1.29, 1.82) is 0 Å². The lowest BCUT2D eigenvalue weighted by molar-refractivity contribution is 0.410. The van der Waals surface area contributed by atoms with Crippen molar-refractivity contribution in [3.63, 3.8) is 0 Å². The highest BCUT2D eigenvalue weighted by Gasteiger charge is 2.16. The molecule has 0 aliphatic heterocycles. The third-order valence-corrected chi connectivity index (χ3v) is 6.07. The van der Waals surface area contributed by atoms with Crippen molar-refractivity contribution in [3.05, 3.63) is 92.6 Å². The van der Waals surface area contributed by atoms with Crippen LogP contribution in [-0.2, 0) is 19.4 Å². The Labute approximate surface area is 172 Å². The summed E-state index contributed by atoms with van der Waals surface area (Å²) >= 11 is 1.55. The second-order valence-corrected chi connectivity index (χ2v) is 7.94. The number of methoxy groups -OCH3 is 1. The lowest BCUT2D eigenvalue weighted by atomic mass is 10.1. The lowest BCUT2D eigenvalue weighted by Gasteiger charge is -2.14. The highest BCUT2D eigenvalue weighted by Crippen LogP contribution is 2.25. The highest BCUT2D eigenvalue weighted by atomic mass is 32.1. The first-order valence-corrected chi connectivity index (χ1v) is 10.3. The van der Waals surface area contributed by atoms with Crippen LogP contribution < -0.4 is 10.3 Å². The molecule has 0 fully saturated rings. The number of para-hydroxylation sites is 1. The van der Waals surface area contributed by atoms with Crippen molar-refractivity contribution in [2.75, 3.05) is 7.11 Å². The predicted octanol–water partition coefficient (Wildman–Crippen LogP) is 4.81. The van der Waals surface area contributed by atoms with E-state index < -0.39 is 0 Å². The molecule has 0 bridgehead atoms. The summed E-state index contributed by atoms with van der Waals surface area (Å²) in [5, 5.41) is 0.618. The molecule has 148 valence electrons. The minimum absolute atomic E-state index is 0.0971. The predicted molar refractivity (Wildman–Crippen MR) is 115 cm³/mol. The molecule has 2 aromatic carbocycles. The Morgan fingerprint density at radius 1 is 1.14 bits per heavy atom. The van der Waals surface area contributed by atoms with Gasteiger partial charge in [0.2, 0.25) is 0 Å². The molecule has 0 saturated heterocycles. The number of halogens is 1. The topological polar surface area (TPSA) is 44.1 Å². The van der Waals surface area contributed by atoms with Crippen LogP contribution in [0.25, 0.3) is 10.2 Å². The first-order valence-electron chi connectivity index (χ1n) is 9.47. The van der Waals surface area contributed by atoms with Crippen molar-refractivity contribution in [2.24, 2.45) is 0 Å². The molecular weight excluding hydrogens is 387 g/mol. The van der Waals surface area contributed by atoms with E-state index >= 15 is 0 Å². The van der Waals surface area contributed by atoms with Crippen molar-refractivity contribution in [1.82, 2.24) is 9.55 Å². The van der Waals surface area contributed by atoms with E-state index in [-0.39, 0.29) is 17.9 Å². The monoisotopic (exact) mass is 408 g/mol. The minimum Gasteiger partial charge on any atom is -0.496 e. The van der Waals surface area contributed by atoms with Gasteiger partial charge in [-0.3, -0.25) is 9.36 Å². The van der Waals surface area contributed by atoms with Gasteiger partial charge in [-0.1, -0.05) is 37.3 Å². The summed E-state index contributed by atoms with van der Waals surface area (Å²) in [6.45, 7) is 2.33. The van der Waals surface area contributed by atoms with Crippen LogP contribution in [0.4, 0.5) is 4.39 Å². The summed E-state index contributed by atoms with van der Waals surface area (Å²) in [7, 11) is 1.63. The number of aryl methyl sites for hydroxylation is 1. The zero-order valence-corrected chi connectivity index (χ0v) is 17.1. The molecule has 0 N–H and O–H groups in total. The van der Waals surface area contributed by atoms with Crippen molar-refractivity contribution in [3.8, 4) is 5.75 Å².